The summed E-state index contributed by atoms with van der Waals surface area (Å²) in [5.41, 5.74) is 2.59. The van der Waals surface area contributed by atoms with Crippen molar-refractivity contribution in [2.75, 3.05) is 0 Å². The highest BCUT2D eigenvalue weighted by atomic mass is 15.0. The topological polar surface area (TPSA) is 51.6 Å². The van der Waals surface area contributed by atoms with Crippen molar-refractivity contribution in [3.8, 4) is 11.6 Å². The second-order valence-electron chi connectivity index (χ2n) is 6.47. The first kappa shape index (κ1) is 14.2. The van der Waals surface area contributed by atoms with Crippen LogP contribution < -0.4 is 0 Å². The number of hydrogen-bond acceptors (Lipinski definition) is 4. The molecule has 4 heteroatoms. The lowest BCUT2D eigenvalue weighted by Gasteiger charge is -2.04. The zero-order valence-corrected chi connectivity index (χ0v) is 13.6. The first-order valence-electron chi connectivity index (χ1n) is 8.46. The van der Waals surface area contributed by atoms with E-state index in [4.69, 9.17) is 0 Å². The third kappa shape index (κ3) is 2.66. The molecule has 1 aliphatic rings. The lowest BCUT2D eigenvalue weighted by atomic mass is 10.0. The maximum Gasteiger partial charge on any atom is 0.197 e. The summed E-state index contributed by atoms with van der Waals surface area (Å²) >= 11 is 0. The second kappa shape index (κ2) is 5.74. The van der Waals surface area contributed by atoms with Crippen LogP contribution in [0.25, 0.3) is 22.4 Å². The standard InChI is InChI=1S/C21H16N4/c1-2-5-15-10-16(7-6-14(15)4-1)18-11-19(18)17-12-24-21(25-13-17)20-22-8-3-9-23-20/h1-10,12-13,18-19H,11H2/t18-,19+/m1/s1. The van der Waals surface area contributed by atoms with E-state index in [1.807, 2.05) is 12.4 Å². The van der Waals surface area contributed by atoms with E-state index in [0.717, 1.165) is 6.42 Å². The van der Waals surface area contributed by atoms with Crippen molar-refractivity contribution in [1.82, 2.24) is 19.9 Å². The quantitative estimate of drug-likeness (QED) is 0.562. The van der Waals surface area contributed by atoms with Gasteiger partial charge in [-0.2, -0.15) is 0 Å². The molecule has 0 unspecified atom stereocenters. The van der Waals surface area contributed by atoms with Crippen LogP contribution in [0, 0.1) is 0 Å². The predicted molar refractivity (Wildman–Crippen MR) is 97.1 cm³/mol. The maximum absolute atomic E-state index is 4.45. The van der Waals surface area contributed by atoms with Gasteiger partial charge in [-0.05, 0) is 46.2 Å². The highest BCUT2D eigenvalue weighted by Gasteiger charge is 2.40. The van der Waals surface area contributed by atoms with Gasteiger partial charge in [0, 0.05) is 24.8 Å². The van der Waals surface area contributed by atoms with Crippen LogP contribution in [0.3, 0.4) is 0 Å². The van der Waals surface area contributed by atoms with E-state index in [1.54, 1.807) is 18.5 Å². The third-order valence-electron chi connectivity index (χ3n) is 4.86. The molecule has 120 valence electrons. The summed E-state index contributed by atoms with van der Waals surface area (Å²) in [4.78, 5) is 17.3. The van der Waals surface area contributed by atoms with Gasteiger partial charge >= 0.3 is 0 Å². The summed E-state index contributed by atoms with van der Waals surface area (Å²) < 4.78 is 0. The lowest BCUT2D eigenvalue weighted by Crippen LogP contribution is -1.95. The number of benzene rings is 2. The summed E-state index contributed by atoms with van der Waals surface area (Å²) in [5, 5.41) is 2.59. The normalized spacial score (nSPS) is 19.0. The minimum atomic E-state index is 0.506. The molecule has 0 spiro atoms. The molecule has 2 aromatic heterocycles. The molecular weight excluding hydrogens is 308 g/mol. The zero-order chi connectivity index (χ0) is 16.6. The van der Waals surface area contributed by atoms with Gasteiger partial charge in [-0.15, -0.1) is 0 Å². The maximum atomic E-state index is 4.45. The van der Waals surface area contributed by atoms with Gasteiger partial charge in [0.15, 0.2) is 11.6 Å². The van der Waals surface area contributed by atoms with E-state index in [1.165, 1.54) is 21.9 Å². The predicted octanol–water partition coefficient (Wildman–Crippen LogP) is 4.36. The summed E-state index contributed by atoms with van der Waals surface area (Å²) in [6.07, 6.45) is 8.41. The van der Waals surface area contributed by atoms with Crippen molar-refractivity contribution in [1.29, 1.82) is 0 Å². The van der Waals surface area contributed by atoms with E-state index < -0.39 is 0 Å². The van der Waals surface area contributed by atoms with Crippen LogP contribution in [-0.4, -0.2) is 19.9 Å². The Hall–Kier alpha value is -3.14. The molecule has 0 aliphatic heterocycles. The summed E-state index contributed by atoms with van der Waals surface area (Å²) in [7, 11) is 0. The number of aromatic nitrogens is 4. The molecule has 0 saturated heterocycles. The molecule has 4 nitrogen and oxygen atoms in total. The Morgan fingerprint density at radius 1 is 0.640 bits per heavy atom. The fourth-order valence-corrected chi connectivity index (χ4v) is 3.43. The molecular formula is C21H16N4. The van der Waals surface area contributed by atoms with Gasteiger partial charge in [0.2, 0.25) is 0 Å². The molecule has 4 aromatic rings. The van der Waals surface area contributed by atoms with Crippen molar-refractivity contribution in [2.24, 2.45) is 0 Å². The fraction of sp³-hybridized carbons (Fsp3) is 0.143. The monoisotopic (exact) mass is 324 g/mol. The fourth-order valence-electron chi connectivity index (χ4n) is 3.43. The van der Waals surface area contributed by atoms with Crippen molar-refractivity contribution >= 4 is 10.8 Å². The van der Waals surface area contributed by atoms with Gasteiger partial charge in [0.05, 0.1) is 0 Å². The van der Waals surface area contributed by atoms with Crippen LogP contribution in [0.4, 0.5) is 0 Å². The Labute approximate surface area is 145 Å². The van der Waals surface area contributed by atoms with Gasteiger partial charge in [0.25, 0.3) is 0 Å². The van der Waals surface area contributed by atoms with E-state index in [9.17, 15) is 0 Å². The summed E-state index contributed by atoms with van der Waals surface area (Å²) in [6, 6.07) is 17.1. The van der Waals surface area contributed by atoms with Gasteiger partial charge in [-0.3, -0.25) is 0 Å². The zero-order valence-electron chi connectivity index (χ0n) is 13.6. The number of nitrogens with zero attached hydrogens (tertiary/aromatic N) is 4. The van der Waals surface area contributed by atoms with Crippen LogP contribution >= 0.6 is 0 Å². The highest BCUT2D eigenvalue weighted by Crippen LogP contribution is 2.54. The van der Waals surface area contributed by atoms with E-state index in [2.05, 4.69) is 62.4 Å². The van der Waals surface area contributed by atoms with E-state index in [0.29, 0.717) is 23.5 Å². The van der Waals surface area contributed by atoms with Gasteiger partial charge < -0.3 is 0 Å². The van der Waals surface area contributed by atoms with Crippen LogP contribution in [-0.2, 0) is 0 Å². The first-order chi connectivity index (χ1) is 12.4. The molecule has 1 fully saturated rings. The summed E-state index contributed by atoms with van der Waals surface area (Å²) in [5.74, 6) is 2.21. The largest absolute Gasteiger partial charge is 0.234 e. The second-order valence-corrected chi connectivity index (χ2v) is 6.47. The van der Waals surface area contributed by atoms with Crippen molar-refractivity contribution in [3.05, 3.63) is 84.4 Å². The van der Waals surface area contributed by atoms with Crippen molar-refractivity contribution in [2.45, 2.75) is 18.3 Å². The lowest BCUT2D eigenvalue weighted by molar-refractivity contribution is 0.978. The van der Waals surface area contributed by atoms with Crippen molar-refractivity contribution < 1.29 is 0 Å². The number of fused-ring (bicyclic) bond motifs is 1. The first-order valence-corrected chi connectivity index (χ1v) is 8.46. The molecule has 0 amide bonds. The van der Waals surface area contributed by atoms with Gasteiger partial charge in [-0.25, -0.2) is 19.9 Å². The molecule has 2 heterocycles. The third-order valence-corrected chi connectivity index (χ3v) is 4.86. The van der Waals surface area contributed by atoms with Gasteiger partial charge in [0.1, 0.15) is 0 Å². The van der Waals surface area contributed by atoms with E-state index >= 15 is 0 Å². The number of hydrogen-bond donors (Lipinski definition) is 0. The number of rotatable bonds is 3. The smallest absolute Gasteiger partial charge is 0.197 e. The van der Waals surface area contributed by atoms with E-state index in [-0.39, 0.29) is 0 Å². The van der Waals surface area contributed by atoms with Crippen molar-refractivity contribution in [3.63, 3.8) is 0 Å². The Morgan fingerprint density at radius 3 is 2.12 bits per heavy atom. The molecule has 0 bridgehead atoms. The van der Waals surface area contributed by atoms with Gasteiger partial charge in [-0.1, -0.05) is 42.5 Å². The average molecular weight is 324 g/mol. The minimum absolute atomic E-state index is 0.506. The Kier molecular flexibility index (Phi) is 3.27. The SMILES string of the molecule is c1cnc(-c2ncc([C@@H]3C[C@@H]3c3ccc4ccccc4c3)cn2)nc1. The minimum Gasteiger partial charge on any atom is -0.234 e. The molecule has 1 saturated carbocycles. The molecule has 1 aliphatic carbocycles. The highest BCUT2D eigenvalue weighted by molar-refractivity contribution is 5.83. The molecule has 2 atom stereocenters. The summed E-state index contributed by atoms with van der Waals surface area (Å²) in [6.45, 7) is 0. The molecule has 0 radical (unpaired) electrons. The van der Waals surface area contributed by atoms with Crippen LogP contribution in [0.2, 0.25) is 0 Å². The van der Waals surface area contributed by atoms with Crippen LogP contribution in [0.1, 0.15) is 29.4 Å². The molecule has 0 N–H and O–H groups in total. The Balaban J connectivity index is 1.38. The Morgan fingerprint density at radius 2 is 1.32 bits per heavy atom. The van der Waals surface area contributed by atoms with Crippen LogP contribution in [0.15, 0.2) is 73.3 Å². The van der Waals surface area contributed by atoms with Crippen LogP contribution in [0.5, 0.6) is 0 Å². The molecule has 25 heavy (non-hydrogen) atoms. The molecule has 2 aromatic carbocycles. The average Bonchev–Trinajstić information content (AvgIpc) is 3.49. The Bertz CT molecular complexity index is 1030. The molecule has 5 rings (SSSR count).